The van der Waals surface area contributed by atoms with Gasteiger partial charge in [0.1, 0.15) is 10.1 Å². The molecule has 2 N–H and O–H groups in total. The molecule has 0 bridgehead atoms. The Labute approximate surface area is 146 Å². The summed E-state index contributed by atoms with van der Waals surface area (Å²) in [7, 11) is 2.62. The second-order valence-corrected chi connectivity index (χ2v) is 5.72. The normalized spacial score (nSPS) is 9.71. The van der Waals surface area contributed by atoms with Gasteiger partial charge in [-0.2, -0.15) is 0 Å². The number of carbonyl (C=O) groups is 2. The molecule has 21 heavy (non-hydrogen) atoms. The number of carboxylic acids is 2. The minimum Gasteiger partial charge on any atom is -1.00 e. The first kappa shape index (κ1) is 17.8. The van der Waals surface area contributed by atoms with Crippen LogP contribution in [-0.2, 0) is 0 Å². The minimum absolute atomic E-state index is 0. The number of hydrogen-bond donors (Lipinski definition) is 2. The summed E-state index contributed by atoms with van der Waals surface area (Å²) in [6.07, 6.45) is 2.57. The molecule has 0 aliphatic carbocycles. The van der Waals surface area contributed by atoms with Crippen LogP contribution in [0.1, 0.15) is 23.6 Å². The van der Waals surface area contributed by atoms with Gasteiger partial charge in [0, 0.05) is 12.4 Å². The number of nitrogens with zero attached hydrogens (tertiary/aromatic N) is 2. The first-order valence-electron chi connectivity index (χ1n) is 5.29. The number of aromatic nitrogens is 2. The van der Waals surface area contributed by atoms with Gasteiger partial charge in [-0.25, -0.2) is 19.6 Å². The second kappa shape index (κ2) is 8.22. The zero-order valence-corrected chi connectivity index (χ0v) is 13.6. The summed E-state index contributed by atoms with van der Waals surface area (Å²) in [5, 5.41) is 18.8. The van der Waals surface area contributed by atoms with Crippen molar-refractivity contribution in [2.24, 2.45) is 0 Å². The van der Waals surface area contributed by atoms with Crippen LogP contribution in [0.4, 0.5) is 0 Å². The van der Waals surface area contributed by atoms with Crippen molar-refractivity contribution in [3.8, 4) is 0 Å². The molecule has 106 valence electrons. The van der Waals surface area contributed by atoms with Gasteiger partial charge in [0.05, 0.1) is 11.1 Å². The Kier molecular flexibility index (Phi) is 6.95. The van der Waals surface area contributed by atoms with Crippen molar-refractivity contribution in [3.05, 3.63) is 47.8 Å². The molecule has 0 amide bonds. The van der Waals surface area contributed by atoms with E-state index in [1.54, 1.807) is 12.1 Å². The van der Waals surface area contributed by atoms with Crippen LogP contribution in [-0.4, -0.2) is 55.2 Å². The molecule has 2 aromatic heterocycles. The molecule has 9 heteroatoms. The quantitative estimate of drug-likeness (QED) is 0.635. The molecule has 0 saturated heterocycles. The van der Waals surface area contributed by atoms with E-state index in [9.17, 15) is 9.59 Å². The molecule has 0 saturated carbocycles. The van der Waals surface area contributed by atoms with Crippen molar-refractivity contribution in [1.29, 1.82) is 0 Å². The van der Waals surface area contributed by atoms with E-state index >= 15 is 0 Å². The summed E-state index contributed by atoms with van der Waals surface area (Å²) in [6, 6.07) is 6.15. The van der Waals surface area contributed by atoms with Gasteiger partial charge in [0.15, 0.2) is 0 Å². The van der Waals surface area contributed by atoms with Gasteiger partial charge in [-0.15, -0.1) is 0 Å². The first-order chi connectivity index (χ1) is 9.56. The average Bonchev–Trinajstić information content (AvgIpc) is 2.46. The Morgan fingerprint density at radius 2 is 1.24 bits per heavy atom. The van der Waals surface area contributed by atoms with E-state index < -0.39 is 11.9 Å². The van der Waals surface area contributed by atoms with Gasteiger partial charge in [-0.3, -0.25) is 0 Å². The Morgan fingerprint density at radius 3 is 1.48 bits per heavy atom. The number of hydrogen-bond acceptors (Lipinski definition) is 6. The molecule has 6 nitrogen and oxygen atoms in total. The molecule has 0 aliphatic rings. The summed E-state index contributed by atoms with van der Waals surface area (Å²) in [4.78, 5) is 29.3. The molecule has 2 rings (SSSR count). The minimum atomic E-state index is -1.02. The van der Waals surface area contributed by atoms with E-state index in [0.717, 1.165) is 0 Å². The van der Waals surface area contributed by atoms with Gasteiger partial charge in [-0.05, 0) is 45.9 Å². The molecule has 0 fully saturated rings. The van der Waals surface area contributed by atoms with Crippen molar-refractivity contribution in [1.82, 2.24) is 9.97 Å². The largest absolute Gasteiger partial charge is 2.00 e. The summed E-state index contributed by atoms with van der Waals surface area (Å²) < 4.78 is 0. The summed E-state index contributed by atoms with van der Waals surface area (Å²) >= 11 is 0. The van der Waals surface area contributed by atoms with Crippen molar-refractivity contribution in [2.45, 2.75) is 10.1 Å². The second-order valence-electron chi connectivity index (χ2n) is 3.55. The third-order valence-electron chi connectivity index (χ3n) is 2.18. The molecule has 0 radical (unpaired) electrons. The average molecular weight is 335 g/mol. The van der Waals surface area contributed by atoms with E-state index in [2.05, 4.69) is 9.97 Å². The van der Waals surface area contributed by atoms with Crippen LogP contribution in [0.5, 0.6) is 0 Å². The SMILES string of the molecule is O=C(O)c1ccc(SSc2ccc(C(=O)O)cn2)nc1.[H-].[H-].[Mg+2]. The van der Waals surface area contributed by atoms with Crippen LogP contribution < -0.4 is 0 Å². The van der Waals surface area contributed by atoms with E-state index in [0.29, 0.717) is 10.1 Å². The number of pyridine rings is 2. The topological polar surface area (TPSA) is 100 Å². The van der Waals surface area contributed by atoms with E-state index in [4.69, 9.17) is 10.2 Å². The zero-order valence-electron chi connectivity index (χ0n) is 12.6. The van der Waals surface area contributed by atoms with Gasteiger partial charge in [0.25, 0.3) is 0 Å². The van der Waals surface area contributed by atoms with Crippen LogP contribution in [0.3, 0.4) is 0 Å². The van der Waals surface area contributed by atoms with Crippen molar-refractivity contribution in [2.75, 3.05) is 0 Å². The summed E-state index contributed by atoms with van der Waals surface area (Å²) in [6.45, 7) is 0. The van der Waals surface area contributed by atoms with Gasteiger partial charge >= 0.3 is 35.0 Å². The zero-order chi connectivity index (χ0) is 14.5. The fourth-order valence-corrected chi connectivity index (χ4v) is 2.91. The fourth-order valence-electron chi connectivity index (χ4n) is 1.20. The standard InChI is InChI=1S/C12H8N2O4S2.Mg.2H/c15-11(16)7-1-3-9(13-5-7)19-20-10-4-2-8(6-14-10)12(17)18;;;/h1-6H,(H,15,16)(H,17,18);;;/q;+2;2*-1. The number of carboxylic acid groups (broad SMARTS) is 2. The van der Waals surface area contributed by atoms with Gasteiger partial charge in [0.2, 0.25) is 0 Å². The molecule has 0 aliphatic heterocycles. The predicted molar refractivity (Wildman–Crippen MR) is 82.1 cm³/mol. The van der Waals surface area contributed by atoms with E-state index in [-0.39, 0.29) is 37.0 Å². The maximum atomic E-state index is 10.7. The third-order valence-corrected chi connectivity index (χ3v) is 4.36. The first-order valence-corrected chi connectivity index (χ1v) is 7.44. The Hall–Kier alpha value is -1.29. The van der Waals surface area contributed by atoms with E-state index in [1.165, 1.54) is 46.1 Å². The fraction of sp³-hybridized carbons (Fsp3) is 0. The number of rotatable bonds is 5. The Morgan fingerprint density at radius 1 is 0.857 bits per heavy atom. The number of aromatic carboxylic acids is 2. The molecule has 0 atom stereocenters. The van der Waals surface area contributed by atoms with Crippen LogP contribution in [0, 0.1) is 0 Å². The van der Waals surface area contributed by atoms with Crippen LogP contribution in [0.25, 0.3) is 0 Å². The van der Waals surface area contributed by atoms with Crippen molar-refractivity contribution in [3.63, 3.8) is 0 Å². The van der Waals surface area contributed by atoms with Crippen LogP contribution in [0.15, 0.2) is 46.7 Å². The van der Waals surface area contributed by atoms with Gasteiger partial charge < -0.3 is 13.1 Å². The molecular formula is C12H10MgN2O4S2. The third kappa shape index (κ3) is 5.19. The summed E-state index contributed by atoms with van der Waals surface area (Å²) in [5.41, 5.74) is 0.256. The van der Waals surface area contributed by atoms with Crippen LogP contribution >= 0.6 is 21.6 Å². The molecule has 0 spiro atoms. The van der Waals surface area contributed by atoms with Crippen molar-refractivity contribution >= 4 is 56.6 Å². The molecule has 2 heterocycles. The van der Waals surface area contributed by atoms with Crippen molar-refractivity contribution < 1.29 is 22.7 Å². The maximum absolute atomic E-state index is 10.7. The summed E-state index contributed by atoms with van der Waals surface area (Å²) in [5.74, 6) is -2.04. The molecular weight excluding hydrogens is 325 g/mol. The van der Waals surface area contributed by atoms with Crippen LogP contribution in [0.2, 0.25) is 0 Å². The monoisotopic (exact) mass is 334 g/mol. The molecule has 0 aromatic carbocycles. The van der Waals surface area contributed by atoms with Gasteiger partial charge in [-0.1, -0.05) is 0 Å². The maximum Gasteiger partial charge on any atom is 2.00 e. The molecule has 0 unspecified atom stereocenters. The smallest absolute Gasteiger partial charge is 1.00 e. The Balaban J connectivity index is 0. The van der Waals surface area contributed by atoms with E-state index in [1.807, 2.05) is 0 Å². The molecule has 2 aromatic rings. The predicted octanol–water partition coefficient (Wildman–Crippen LogP) is 2.52. The Bertz CT molecular complexity index is 587.